The van der Waals surface area contributed by atoms with Gasteiger partial charge in [0.25, 0.3) is 0 Å². The second-order valence-corrected chi connectivity index (χ2v) is 7.89. The lowest BCUT2D eigenvalue weighted by Crippen LogP contribution is -2.23. The Morgan fingerprint density at radius 1 is 1.03 bits per heavy atom. The van der Waals surface area contributed by atoms with Crippen LogP contribution in [0.1, 0.15) is 76.7 Å². The largest absolute Gasteiger partial charge is 0.478 e. The highest BCUT2D eigenvalue weighted by molar-refractivity contribution is 5.81. The number of benzene rings is 1. The summed E-state index contributed by atoms with van der Waals surface area (Å²) in [7, 11) is 0. The number of rotatable bonds is 16. The third-order valence-electron chi connectivity index (χ3n) is 5.24. The molecular weight excluding hydrogens is 362 g/mol. The molecule has 0 radical (unpaired) electrons. The first-order valence-electron chi connectivity index (χ1n) is 11.0. The normalized spacial score (nSPS) is 12.5. The number of carboxylic acid groups (broad SMARTS) is 1. The van der Waals surface area contributed by atoms with Gasteiger partial charge in [-0.3, -0.25) is 0 Å². The molecular formula is C24H39N3O2. The van der Waals surface area contributed by atoms with Crippen molar-refractivity contribution in [3.8, 4) is 0 Å². The van der Waals surface area contributed by atoms with E-state index in [-0.39, 0.29) is 12.5 Å². The van der Waals surface area contributed by atoms with Crippen LogP contribution in [0.15, 0.2) is 47.0 Å². The first kappa shape index (κ1) is 24.7. The van der Waals surface area contributed by atoms with E-state index in [1.54, 1.807) is 0 Å². The van der Waals surface area contributed by atoms with Crippen LogP contribution in [0.4, 0.5) is 0 Å². The van der Waals surface area contributed by atoms with Gasteiger partial charge in [-0.2, -0.15) is 0 Å². The van der Waals surface area contributed by atoms with E-state index in [1.807, 2.05) is 0 Å². The van der Waals surface area contributed by atoms with Gasteiger partial charge in [0, 0.05) is 6.08 Å². The number of guanidine groups is 1. The highest BCUT2D eigenvalue weighted by Gasteiger charge is 2.11. The molecule has 0 unspecified atom stereocenters. The SMILES string of the molecule is CCCCCCCC[C@H](CCC/C(=C/C(=O)O)CN=C(N)N)Cc1ccccc1. The quantitative estimate of drug-likeness (QED) is 0.156. The zero-order chi connectivity index (χ0) is 21.3. The maximum absolute atomic E-state index is 11.1. The molecule has 0 fully saturated rings. The highest BCUT2D eigenvalue weighted by Crippen LogP contribution is 2.23. The Kier molecular flexibility index (Phi) is 13.3. The highest BCUT2D eigenvalue weighted by atomic mass is 16.4. The molecule has 0 aromatic heterocycles. The summed E-state index contributed by atoms with van der Waals surface area (Å²) >= 11 is 0. The van der Waals surface area contributed by atoms with E-state index in [9.17, 15) is 4.79 Å². The number of nitrogens with two attached hydrogens (primary N) is 2. The molecule has 0 saturated carbocycles. The zero-order valence-electron chi connectivity index (χ0n) is 18.0. The fourth-order valence-corrected chi connectivity index (χ4v) is 3.69. The number of unbranched alkanes of at least 4 members (excludes halogenated alkanes) is 5. The molecule has 0 spiro atoms. The Morgan fingerprint density at radius 3 is 2.34 bits per heavy atom. The van der Waals surface area contributed by atoms with Crippen molar-refractivity contribution in [1.29, 1.82) is 0 Å². The zero-order valence-corrected chi connectivity index (χ0v) is 18.0. The van der Waals surface area contributed by atoms with Crippen LogP contribution in [0, 0.1) is 5.92 Å². The lowest BCUT2D eigenvalue weighted by Gasteiger charge is -2.17. The molecule has 0 aliphatic heterocycles. The monoisotopic (exact) mass is 401 g/mol. The average Bonchev–Trinajstić information content (AvgIpc) is 2.68. The molecule has 0 aliphatic carbocycles. The summed E-state index contributed by atoms with van der Waals surface area (Å²) < 4.78 is 0. The van der Waals surface area contributed by atoms with E-state index in [4.69, 9.17) is 16.6 Å². The van der Waals surface area contributed by atoms with Gasteiger partial charge >= 0.3 is 5.97 Å². The molecule has 5 heteroatoms. The van der Waals surface area contributed by atoms with Crippen molar-refractivity contribution in [3.05, 3.63) is 47.5 Å². The van der Waals surface area contributed by atoms with Gasteiger partial charge in [-0.1, -0.05) is 82.2 Å². The summed E-state index contributed by atoms with van der Waals surface area (Å²) in [6.45, 7) is 2.51. The summed E-state index contributed by atoms with van der Waals surface area (Å²) in [5.41, 5.74) is 12.9. The minimum Gasteiger partial charge on any atom is -0.478 e. The van der Waals surface area contributed by atoms with Gasteiger partial charge in [-0.15, -0.1) is 0 Å². The minimum absolute atomic E-state index is 0.00804. The second-order valence-electron chi connectivity index (χ2n) is 7.89. The molecule has 0 aliphatic rings. The fourth-order valence-electron chi connectivity index (χ4n) is 3.69. The van der Waals surface area contributed by atoms with Gasteiger partial charge < -0.3 is 16.6 Å². The smallest absolute Gasteiger partial charge is 0.328 e. The molecule has 1 rings (SSSR count). The van der Waals surface area contributed by atoms with E-state index in [2.05, 4.69) is 42.2 Å². The number of carboxylic acids is 1. The van der Waals surface area contributed by atoms with Gasteiger partial charge in [-0.05, 0) is 42.7 Å². The molecule has 0 amide bonds. The number of hydrogen-bond donors (Lipinski definition) is 3. The van der Waals surface area contributed by atoms with Crippen LogP contribution in [0.2, 0.25) is 0 Å². The van der Waals surface area contributed by atoms with Crippen LogP contribution in [-0.2, 0) is 11.2 Å². The number of aliphatic imine (C=N–C) groups is 1. The lowest BCUT2D eigenvalue weighted by molar-refractivity contribution is -0.131. The predicted molar refractivity (Wildman–Crippen MR) is 122 cm³/mol. The van der Waals surface area contributed by atoms with E-state index in [0.717, 1.165) is 24.8 Å². The van der Waals surface area contributed by atoms with Crippen molar-refractivity contribution in [2.45, 2.75) is 77.6 Å². The minimum atomic E-state index is -0.946. The van der Waals surface area contributed by atoms with Gasteiger partial charge in [-0.25, -0.2) is 9.79 Å². The van der Waals surface area contributed by atoms with Crippen LogP contribution >= 0.6 is 0 Å². The first-order valence-corrected chi connectivity index (χ1v) is 11.0. The molecule has 5 N–H and O–H groups in total. The maximum atomic E-state index is 11.1. The van der Waals surface area contributed by atoms with E-state index < -0.39 is 5.97 Å². The van der Waals surface area contributed by atoms with Gasteiger partial charge in [0.2, 0.25) is 0 Å². The Balaban J connectivity index is 2.55. The Bertz CT molecular complexity index is 622. The molecule has 0 bridgehead atoms. The number of aliphatic carboxylic acids is 1. The maximum Gasteiger partial charge on any atom is 0.328 e. The summed E-state index contributed by atoms with van der Waals surface area (Å²) in [6.07, 6.45) is 14.2. The van der Waals surface area contributed by atoms with Gasteiger partial charge in [0.05, 0.1) is 6.54 Å². The molecule has 1 aromatic carbocycles. The molecule has 0 saturated heterocycles. The lowest BCUT2D eigenvalue weighted by atomic mass is 9.88. The summed E-state index contributed by atoms with van der Waals surface area (Å²) in [6, 6.07) is 10.6. The van der Waals surface area contributed by atoms with Crippen molar-refractivity contribution < 1.29 is 9.90 Å². The molecule has 1 atom stereocenters. The average molecular weight is 402 g/mol. The van der Waals surface area contributed by atoms with E-state index in [0.29, 0.717) is 12.3 Å². The Hall–Kier alpha value is -2.30. The molecule has 5 nitrogen and oxygen atoms in total. The van der Waals surface area contributed by atoms with Crippen LogP contribution in [0.5, 0.6) is 0 Å². The van der Waals surface area contributed by atoms with Gasteiger partial charge in [0.1, 0.15) is 0 Å². The van der Waals surface area contributed by atoms with Crippen molar-refractivity contribution in [1.82, 2.24) is 0 Å². The van der Waals surface area contributed by atoms with Crippen molar-refractivity contribution >= 4 is 11.9 Å². The van der Waals surface area contributed by atoms with Crippen LogP contribution < -0.4 is 11.5 Å². The summed E-state index contributed by atoms with van der Waals surface area (Å²) in [5.74, 6) is -0.331. The van der Waals surface area contributed by atoms with Gasteiger partial charge in [0.15, 0.2) is 5.96 Å². The van der Waals surface area contributed by atoms with Crippen LogP contribution in [-0.4, -0.2) is 23.6 Å². The first-order chi connectivity index (χ1) is 14.0. The molecule has 29 heavy (non-hydrogen) atoms. The van der Waals surface area contributed by atoms with Crippen molar-refractivity contribution in [3.63, 3.8) is 0 Å². The van der Waals surface area contributed by atoms with E-state index >= 15 is 0 Å². The standard InChI is InChI=1S/C24H39N3O2/c1-2-3-4-5-6-8-12-21(17-20-13-9-7-10-14-20)15-11-16-22(18-23(28)29)19-27-24(25)26/h7,9-10,13-14,18,21H,2-6,8,11-12,15-17,19H2,1H3,(H,28,29)(H4,25,26,27)/b22-18-/t21-/m1/s1. The fraction of sp³-hybridized carbons (Fsp3) is 0.583. The number of hydrogen-bond acceptors (Lipinski definition) is 2. The van der Waals surface area contributed by atoms with Crippen molar-refractivity contribution in [2.75, 3.05) is 6.54 Å². The van der Waals surface area contributed by atoms with Crippen molar-refractivity contribution in [2.24, 2.45) is 22.4 Å². The van der Waals surface area contributed by atoms with Crippen LogP contribution in [0.25, 0.3) is 0 Å². The molecule has 0 heterocycles. The Morgan fingerprint density at radius 2 is 1.69 bits per heavy atom. The number of nitrogens with zero attached hydrogens (tertiary/aromatic N) is 1. The predicted octanol–water partition coefficient (Wildman–Crippen LogP) is 5.05. The van der Waals surface area contributed by atoms with Crippen LogP contribution in [0.3, 0.4) is 0 Å². The Labute approximate surface area is 176 Å². The molecule has 162 valence electrons. The summed E-state index contributed by atoms with van der Waals surface area (Å²) in [5, 5.41) is 9.07. The third kappa shape index (κ3) is 13.5. The van der Waals surface area contributed by atoms with E-state index in [1.165, 1.54) is 56.6 Å². The third-order valence-corrected chi connectivity index (χ3v) is 5.24. The number of carbonyl (C=O) groups is 1. The topological polar surface area (TPSA) is 102 Å². The summed E-state index contributed by atoms with van der Waals surface area (Å²) in [4.78, 5) is 15.0. The molecule has 1 aromatic rings. The second kappa shape index (κ2) is 15.6.